The Morgan fingerprint density at radius 1 is 0.889 bits per heavy atom. The van der Waals surface area contributed by atoms with Crippen LogP contribution in [0.25, 0.3) is 22.0 Å². The number of nitrogens with zero attached hydrogens (tertiary/aromatic N) is 3. The summed E-state index contributed by atoms with van der Waals surface area (Å²) in [6.07, 6.45) is 9.98. The number of nitrogens with one attached hydrogen (secondary N) is 1. The molecule has 2 fully saturated rings. The normalized spacial score (nSPS) is 16.9. The molecule has 9 heteroatoms. The van der Waals surface area contributed by atoms with Gasteiger partial charge in [0.05, 0.1) is 23.7 Å². The van der Waals surface area contributed by atoms with Crippen LogP contribution in [0.15, 0.2) is 82.7 Å². The van der Waals surface area contributed by atoms with Gasteiger partial charge >= 0.3 is 0 Å². The molecule has 0 unspecified atom stereocenters. The average molecular weight is 629 g/mol. The Balaban J connectivity index is 1.55. The molecule has 6 rings (SSSR count). The number of rotatable bonds is 7. The fraction of sp³-hybridized carbons (Fsp3) is 0.389. The van der Waals surface area contributed by atoms with Gasteiger partial charge in [0.1, 0.15) is 17.4 Å². The van der Waals surface area contributed by atoms with Crippen molar-refractivity contribution < 1.29 is 17.5 Å². The molecule has 4 aromatic rings. The Bertz CT molecular complexity index is 1760. The molecule has 0 amide bonds. The standard InChI is InChI=1S/C36H41FN4O3S/c1-25-13-20-32(21-14-25)45(42,43)40-36(38-29-9-5-3-6-10-29)41(30-11-7-4-8-12-30)35-33-22-17-28(37)23-27(33)24-34(39-35)26-15-18-31(44-2)19-16-26/h13-24,29-30H,3-12H2,1-2H3,(H,38,40). The van der Waals surface area contributed by atoms with Gasteiger partial charge in [-0.25, -0.2) is 27.5 Å². The molecule has 0 spiro atoms. The fourth-order valence-electron chi connectivity index (χ4n) is 6.51. The molecule has 2 aliphatic carbocycles. The third kappa shape index (κ3) is 7.14. The number of halogens is 1. The van der Waals surface area contributed by atoms with Crippen molar-refractivity contribution in [2.24, 2.45) is 4.99 Å². The summed E-state index contributed by atoms with van der Waals surface area (Å²) in [7, 11) is -2.35. The maximum Gasteiger partial charge on any atom is 0.264 e. The van der Waals surface area contributed by atoms with Crippen LogP contribution < -0.4 is 14.4 Å². The van der Waals surface area contributed by atoms with Gasteiger partial charge in [-0.3, -0.25) is 4.90 Å². The number of aromatic nitrogens is 1. The van der Waals surface area contributed by atoms with Crippen molar-refractivity contribution in [2.75, 3.05) is 12.0 Å². The molecule has 0 aliphatic heterocycles. The zero-order chi connectivity index (χ0) is 31.4. The Kier molecular flexibility index (Phi) is 9.35. The van der Waals surface area contributed by atoms with E-state index in [1.165, 1.54) is 12.1 Å². The van der Waals surface area contributed by atoms with Crippen molar-refractivity contribution in [2.45, 2.75) is 88.1 Å². The second kappa shape index (κ2) is 13.6. The van der Waals surface area contributed by atoms with Crippen LogP contribution in [-0.4, -0.2) is 38.6 Å². The van der Waals surface area contributed by atoms with E-state index in [1.54, 1.807) is 37.4 Å². The summed E-state index contributed by atoms with van der Waals surface area (Å²) in [5.74, 6) is 1.24. The number of hydrogen-bond acceptors (Lipinski definition) is 5. The van der Waals surface area contributed by atoms with Crippen molar-refractivity contribution in [1.82, 2.24) is 9.71 Å². The number of sulfonamides is 1. The van der Waals surface area contributed by atoms with Crippen LogP contribution in [0.2, 0.25) is 0 Å². The quantitative estimate of drug-likeness (QED) is 0.165. The first-order chi connectivity index (χ1) is 21.8. The number of hydrogen-bond donors (Lipinski definition) is 1. The highest BCUT2D eigenvalue weighted by molar-refractivity contribution is 7.90. The van der Waals surface area contributed by atoms with Crippen LogP contribution >= 0.6 is 0 Å². The lowest BCUT2D eigenvalue weighted by Crippen LogP contribution is -2.51. The third-order valence-electron chi connectivity index (χ3n) is 8.99. The van der Waals surface area contributed by atoms with Gasteiger partial charge in [-0.05, 0) is 98.7 Å². The van der Waals surface area contributed by atoms with Crippen LogP contribution in [-0.2, 0) is 10.0 Å². The number of benzene rings is 3. The maximum absolute atomic E-state index is 14.7. The van der Waals surface area contributed by atoms with Crippen LogP contribution in [0.3, 0.4) is 0 Å². The van der Waals surface area contributed by atoms with E-state index in [0.717, 1.165) is 86.5 Å². The molecular formula is C36H41FN4O3S. The lowest BCUT2D eigenvalue weighted by molar-refractivity contribution is 0.415. The molecule has 2 saturated carbocycles. The molecule has 0 radical (unpaired) electrons. The minimum absolute atomic E-state index is 0.00552. The number of aryl methyl sites for hydroxylation is 1. The van der Waals surface area contributed by atoms with Crippen molar-refractivity contribution in [3.8, 4) is 17.0 Å². The van der Waals surface area contributed by atoms with Gasteiger partial charge in [-0.2, -0.15) is 0 Å². The number of guanidine groups is 1. The summed E-state index contributed by atoms with van der Waals surface area (Å²) < 4.78 is 50.9. The predicted octanol–water partition coefficient (Wildman–Crippen LogP) is 8.16. The summed E-state index contributed by atoms with van der Waals surface area (Å²) in [4.78, 5) is 12.6. The van der Waals surface area contributed by atoms with Crippen molar-refractivity contribution in [3.63, 3.8) is 0 Å². The van der Waals surface area contributed by atoms with Gasteiger partial charge in [0, 0.05) is 17.0 Å². The summed E-state index contributed by atoms with van der Waals surface area (Å²) in [5.41, 5.74) is 2.48. The highest BCUT2D eigenvalue weighted by Crippen LogP contribution is 2.36. The van der Waals surface area contributed by atoms with Crippen LogP contribution in [0.5, 0.6) is 5.75 Å². The molecule has 2 aliphatic rings. The first-order valence-corrected chi connectivity index (χ1v) is 17.5. The number of methoxy groups -OCH3 is 1. The number of aliphatic imine (C=N–C) groups is 1. The van der Waals surface area contributed by atoms with Gasteiger partial charge in [-0.15, -0.1) is 0 Å². The molecular weight excluding hydrogens is 587 g/mol. The molecule has 1 aromatic heterocycles. The van der Waals surface area contributed by atoms with Crippen LogP contribution in [0.1, 0.15) is 69.8 Å². The third-order valence-corrected chi connectivity index (χ3v) is 10.3. The van der Waals surface area contributed by atoms with Gasteiger partial charge < -0.3 is 4.74 Å². The summed E-state index contributed by atoms with van der Waals surface area (Å²) in [6.45, 7) is 1.93. The summed E-state index contributed by atoms with van der Waals surface area (Å²) in [5, 5.41) is 1.43. The van der Waals surface area contributed by atoms with E-state index in [9.17, 15) is 12.8 Å². The second-order valence-electron chi connectivity index (χ2n) is 12.2. The van der Waals surface area contributed by atoms with E-state index >= 15 is 0 Å². The zero-order valence-electron chi connectivity index (χ0n) is 26.0. The zero-order valence-corrected chi connectivity index (χ0v) is 26.8. The number of fused-ring (bicyclic) bond motifs is 1. The molecule has 0 bridgehead atoms. The summed E-state index contributed by atoms with van der Waals surface area (Å²) in [6, 6.07) is 21.0. The molecule has 1 heterocycles. The predicted molar refractivity (Wildman–Crippen MR) is 179 cm³/mol. The molecule has 0 saturated heterocycles. The fourth-order valence-corrected chi connectivity index (χ4v) is 7.51. The van der Waals surface area contributed by atoms with Crippen LogP contribution in [0.4, 0.5) is 10.2 Å². The van der Waals surface area contributed by atoms with E-state index in [2.05, 4.69) is 4.72 Å². The largest absolute Gasteiger partial charge is 0.497 e. The topological polar surface area (TPSA) is 83.9 Å². The monoisotopic (exact) mass is 628 g/mol. The van der Waals surface area contributed by atoms with Gasteiger partial charge in [0.15, 0.2) is 0 Å². The first-order valence-electron chi connectivity index (χ1n) is 16.0. The molecule has 45 heavy (non-hydrogen) atoms. The SMILES string of the molecule is COc1ccc(-c2cc3cc(F)ccc3c(N(C(=NC3CCCCC3)NS(=O)(=O)c3ccc(C)cc3)C3CCCCC3)n2)cc1. The highest BCUT2D eigenvalue weighted by atomic mass is 32.2. The molecule has 236 valence electrons. The van der Waals surface area contributed by atoms with Gasteiger partial charge in [0.2, 0.25) is 5.96 Å². The maximum atomic E-state index is 14.7. The minimum Gasteiger partial charge on any atom is -0.497 e. The average Bonchev–Trinajstić information content (AvgIpc) is 3.05. The van der Waals surface area contributed by atoms with Gasteiger partial charge in [-0.1, -0.05) is 56.2 Å². The number of ether oxygens (including phenoxy) is 1. The van der Waals surface area contributed by atoms with E-state index in [1.807, 2.05) is 42.2 Å². The number of anilines is 1. The molecule has 3 aromatic carbocycles. The van der Waals surface area contributed by atoms with Gasteiger partial charge in [0.25, 0.3) is 10.0 Å². The Morgan fingerprint density at radius 3 is 2.22 bits per heavy atom. The lowest BCUT2D eigenvalue weighted by atomic mass is 9.93. The Hall–Kier alpha value is -3.98. The molecule has 7 nitrogen and oxygen atoms in total. The number of pyridine rings is 1. The Labute approximate surface area is 265 Å². The van der Waals surface area contributed by atoms with E-state index in [0.29, 0.717) is 22.9 Å². The molecule has 1 N–H and O–H groups in total. The Morgan fingerprint density at radius 2 is 1.56 bits per heavy atom. The first kappa shape index (κ1) is 31.0. The van der Waals surface area contributed by atoms with E-state index in [4.69, 9.17) is 14.7 Å². The molecule has 0 atom stereocenters. The second-order valence-corrected chi connectivity index (χ2v) is 13.9. The smallest absolute Gasteiger partial charge is 0.264 e. The van der Waals surface area contributed by atoms with Crippen molar-refractivity contribution in [3.05, 3.63) is 84.2 Å². The van der Waals surface area contributed by atoms with Crippen molar-refractivity contribution in [1.29, 1.82) is 0 Å². The van der Waals surface area contributed by atoms with E-state index < -0.39 is 10.0 Å². The minimum atomic E-state index is -3.97. The van der Waals surface area contributed by atoms with Crippen LogP contribution in [0, 0.1) is 12.7 Å². The van der Waals surface area contributed by atoms with E-state index in [-0.39, 0.29) is 22.8 Å². The summed E-state index contributed by atoms with van der Waals surface area (Å²) >= 11 is 0. The lowest BCUT2D eigenvalue weighted by Gasteiger charge is -2.37. The highest BCUT2D eigenvalue weighted by Gasteiger charge is 2.32. The van der Waals surface area contributed by atoms with Crippen molar-refractivity contribution >= 4 is 32.6 Å².